The maximum atomic E-state index is 13.2. The molecule has 3 aliphatic rings. The van der Waals surface area contributed by atoms with E-state index in [2.05, 4.69) is 4.90 Å². The van der Waals surface area contributed by atoms with Crippen molar-refractivity contribution in [2.45, 2.75) is 38.1 Å². The van der Waals surface area contributed by atoms with Gasteiger partial charge in [-0.05, 0) is 99.1 Å². The van der Waals surface area contributed by atoms with Gasteiger partial charge in [-0.15, -0.1) is 0 Å². The molecule has 3 saturated heterocycles. The Hall–Kier alpha value is -3.13. The molecule has 0 bridgehead atoms. The number of halogens is 2. The van der Waals surface area contributed by atoms with Crippen molar-refractivity contribution in [2.75, 3.05) is 31.1 Å². The van der Waals surface area contributed by atoms with Crippen LogP contribution in [0.5, 0.6) is 0 Å². The minimum Gasteiger partial charge on any atom is -0.339 e. The number of anilines is 1. The van der Waals surface area contributed by atoms with Gasteiger partial charge in [0.1, 0.15) is 11.6 Å². The van der Waals surface area contributed by atoms with Gasteiger partial charge >= 0.3 is 0 Å². The molecule has 0 radical (unpaired) electrons. The van der Waals surface area contributed by atoms with Crippen molar-refractivity contribution in [1.29, 1.82) is 0 Å². The molecule has 0 N–H and O–H groups in total. The van der Waals surface area contributed by atoms with E-state index in [4.69, 9.17) is 0 Å². The minimum absolute atomic E-state index is 0.0478. The predicted molar refractivity (Wildman–Crippen MR) is 127 cm³/mol. The van der Waals surface area contributed by atoms with Crippen LogP contribution in [0, 0.1) is 23.5 Å². The minimum atomic E-state index is -0.455. The molecule has 6 nitrogen and oxygen atoms in total. The summed E-state index contributed by atoms with van der Waals surface area (Å²) in [5.74, 6) is -0.204. The smallest absolute Gasteiger partial charge is 0.253 e. The van der Waals surface area contributed by atoms with Gasteiger partial charge in [0.2, 0.25) is 5.91 Å². The molecular weight excluding hydrogens is 452 g/mol. The highest BCUT2D eigenvalue weighted by Crippen LogP contribution is 2.35. The first-order chi connectivity index (χ1) is 16.9. The number of hydrogen-bond acceptors (Lipinski definition) is 4. The van der Waals surface area contributed by atoms with Crippen molar-refractivity contribution in [3.63, 3.8) is 0 Å². The summed E-state index contributed by atoms with van der Waals surface area (Å²) in [6.45, 7) is 2.92. The van der Waals surface area contributed by atoms with E-state index < -0.39 is 11.9 Å². The molecule has 3 amide bonds. The third kappa shape index (κ3) is 4.85. The predicted octanol–water partition coefficient (Wildman–Crippen LogP) is 3.86. The third-order valence-electron chi connectivity index (χ3n) is 7.81. The second kappa shape index (κ2) is 9.85. The Bertz CT molecular complexity index is 1090. The molecule has 184 valence electrons. The normalized spacial score (nSPS) is 22.7. The molecular formula is C27H29F2N3O3. The molecule has 0 aromatic heterocycles. The first-order valence-corrected chi connectivity index (χ1v) is 12.3. The molecule has 0 spiro atoms. The number of benzene rings is 2. The number of carbonyl (C=O) groups is 3. The molecule has 3 fully saturated rings. The second-order valence-electron chi connectivity index (χ2n) is 9.77. The molecule has 8 heteroatoms. The van der Waals surface area contributed by atoms with Crippen LogP contribution in [-0.4, -0.2) is 59.7 Å². The molecule has 3 aliphatic heterocycles. The van der Waals surface area contributed by atoms with Crippen molar-refractivity contribution in [3.05, 3.63) is 65.7 Å². The van der Waals surface area contributed by atoms with Crippen LogP contribution in [0.4, 0.5) is 14.5 Å². The number of nitrogens with zero attached hydrogens (tertiary/aromatic N) is 3. The summed E-state index contributed by atoms with van der Waals surface area (Å²) >= 11 is 0. The number of imide groups is 1. The quantitative estimate of drug-likeness (QED) is 0.623. The van der Waals surface area contributed by atoms with Crippen LogP contribution in [0.2, 0.25) is 0 Å². The lowest BCUT2D eigenvalue weighted by atomic mass is 9.78. The average Bonchev–Trinajstić information content (AvgIpc) is 3.18. The molecule has 0 saturated carbocycles. The fourth-order valence-electron chi connectivity index (χ4n) is 5.81. The van der Waals surface area contributed by atoms with Gasteiger partial charge in [-0.3, -0.25) is 19.3 Å². The van der Waals surface area contributed by atoms with Gasteiger partial charge in [0, 0.05) is 18.7 Å². The molecule has 0 aliphatic carbocycles. The lowest BCUT2D eigenvalue weighted by Crippen LogP contribution is -2.47. The Kier molecular flexibility index (Phi) is 6.65. The standard InChI is InChI=1S/C27H29F2N3O3/c28-21-3-1-20(2-4-21)26(34)31-15-11-19(12-16-31)18-9-13-30(14-10-18)24-17-25(33)32(27(24)35)23-7-5-22(29)6-8-23/h1-8,18-19,24H,9-17H2. The Morgan fingerprint density at radius 2 is 1.26 bits per heavy atom. The first kappa shape index (κ1) is 23.6. The van der Waals surface area contributed by atoms with Gasteiger partial charge in [-0.25, -0.2) is 13.7 Å². The average molecular weight is 482 g/mol. The van der Waals surface area contributed by atoms with Crippen LogP contribution in [0.25, 0.3) is 0 Å². The van der Waals surface area contributed by atoms with Gasteiger partial charge in [0.25, 0.3) is 11.8 Å². The molecule has 2 aromatic carbocycles. The number of carbonyl (C=O) groups excluding carboxylic acids is 3. The molecule has 1 unspecified atom stereocenters. The van der Waals surface area contributed by atoms with Gasteiger partial charge in [0.15, 0.2) is 0 Å². The summed E-state index contributed by atoms with van der Waals surface area (Å²) in [7, 11) is 0. The number of amides is 3. The summed E-state index contributed by atoms with van der Waals surface area (Å²) in [4.78, 5) is 43.5. The molecule has 1 atom stereocenters. The molecule has 35 heavy (non-hydrogen) atoms. The van der Waals surface area contributed by atoms with E-state index in [1.807, 2.05) is 4.90 Å². The zero-order valence-electron chi connectivity index (χ0n) is 19.5. The van der Waals surface area contributed by atoms with E-state index >= 15 is 0 Å². The van der Waals surface area contributed by atoms with Crippen LogP contribution in [0.3, 0.4) is 0 Å². The van der Waals surface area contributed by atoms with Crippen LogP contribution >= 0.6 is 0 Å². The van der Waals surface area contributed by atoms with Gasteiger partial charge < -0.3 is 4.90 Å². The Balaban J connectivity index is 1.12. The fraction of sp³-hybridized carbons (Fsp3) is 0.444. The highest BCUT2D eigenvalue weighted by molar-refractivity contribution is 6.22. The Labute approximate surface area is 203 Å². The van der Waals surface area contributed by atoms with E-state index in [0.29, 0.717) is 36.2 Å². The Morgan fingerprint density at radius 3 is 1.83 bits per heavy atom. The van der Waals surface area contributed by atoms with Crippen molar-refractivity contribution in [2.24, 2.45) is 11.8 Å². The van der Waals surface area contributed by atoms with E-state index in [0.717, 1.165) is 38.8 Å². The molecule has 3 heterocycles. The zero-order chi connectivity index (χ0) is 24.5. The lowest BCUT2D eigenvalue weighted by molar-refractivity contribution is -0.123. The number of rotatable bonds is 4. The topological polar surface area (TPSA) is 60.9 Å². The third-order valence-corrected chi connectivity index (χ3v) is 7.81. The summed E-state index contributed by atoms with van der Waals surface area (Å²) in [5, 5.41) is 0. The Morgan fingerprint density at radius 1 is 0.743 bits per heavy atom. The summed E-state index contributed by atoms with van der Waals surface area (Å²) < 4.78 is 26.4. The highest BCUT2D eigenvalue weighted by Gasteiger charge is 2.44. The first-order valence-electron chi connectivity index (χ1n) is 12.3. The molecule has 2 aromatic rings. The van der Waals surface area contributed by atoms with Crippen LogP contribution in [0.15, 0.2) is 48.5 Å². The summed E-state index contributed by atoms with van der Waals surface area (Å²) in [5.41, 5.74) is 0.935. The number of piperidine rings is 2. The van der Waals surface area contributed by atoms with Gasteiger partial charge in [0.05, 0.1) is 18.2 Å². The summed E-state index contributed by atoms with van der Waals surface area (Å²) in [6, 6.07) is 10.7. The van der Waals surface area contributed by atoms with Crippen molar-refractivity contribution >= 4 is 23.4 Å². The van der Waals surface area contributed by atoms with Crippen LogP contribution in [0.1, 0.15) is 42.5 Å². The van der Waals surface area contributed by atoms with Gasteiger partial charge in [-0.1, -0.05) is 0 Å². The number of hydrogen-bond donors (Lipinski definition) is 0. The zero-order valence-corrected chi connectivity index (χ0v) is 19.5. The summed E-state index contributed by atoms with van der Waals surface area (Å²) in [6.07, 6.45) is 3.97. The maximum Gasteiger partial charge on any atom is 0.253 e. The SMILES string of the molecule is O=C(c1ccc(F)cc1)N1CCC(C2CCN(C3CC(=O)N(c4ccc(F)cc4)C3=O)CC2)CC1. The maximum absolute atomic E-state index is 13.2. The van der Waals surface area contributed by atoms with E-state index in [9.17, 15) is 23.2 Å². The van der Waals surface area contributed by atoms with Crippen LogP contribution in [-0.2, 0) is 9.59 Å². The lowest BCUT2D eigenvalue weighted by Gasteiger charge is -2.41. The second-order valence-corrected chi connectivity index (χ2v) is 9.77. The van der Waals surface area contributed by atoms with Crippen molar-refractivity contribution in [3.8, 4) is 0 Å². The van der Waals surface area contributed by atoms with Crippen molar-refractivity contribution < 1.29 is 23.2 Å². The van der Waals surface area contributed by atoms with Crippen LogP contribution < -0.4 is 4.90 Å². The van der Waals surface area contributed by atoms with E-state index in [-0.39, 0.29) is 30.0 Å². The number of likely N-dealkylation sites (tertiary alicyclic amines) is 2. The molecule has 5 rings (SSSR count). The largest absolute Gasteiger partial charge is 0.339 e. The van der Waals surface area contributed by atoms with E-state index in [1.54, 1.807) is 0 Å². The fourth-order valence-corrected chi connectivity index (χ4v) is 5.81. The van der Waals surface area contributed by atoms with Gasteiger partial charge in [-0.2, -0.15) is 0 Å². The van der Waals surface area contributed by atoms with Crippen molar-refractivity contribution in [1.82, 2.24) is 9.80 Å². The van der Waals surface area contributed by atoms with E-state index in [1.165, 1.54) is 53.4 Å². The highest BCUT2D eigenvalue weighted by atomic mass is 19.1. The monoisotopic (exact) mass is 481 g/mol.